The van der Waals surface area contributed by atoms with Crippen LogP contribution in [-0.4, -0.2) is 16.8 Å². The number of benzene rings is 1. The number of hydrogen-bond donors (Lipinski definition) is 2. The first-order chi connectivity index (χ1) is 12.3. The van der Waals surface area contributed by atoms with Crippen molar-refractivity contribution in [3.63, 3.8) is 0 Å². The molecule has 2 N–H and O–H groups in total. The Morgan fingerprint density at radius 3 is 2.58 bits per heavy atom. The number of halogens is 1. The normalized spacial score (nSPS) is 10.6. The SMILES string of the molecule is CC(=O)Nc1ccc(-c2csc(NC(=O)c3cc(C)oc3C)n2)c(F)c1. The van der Waals surface area contributed by atoms with Crippen LogP contribution >= 0.6 is 11.3 Å². The van der Waals surface area contributed by atoms with Gasteiger partial charge in [0.05, 0.1) is 11.3 Å². The minimum Gasteiger partial charge on any atom is -0.466 e. The van der Waals surface area contributed by atoms with E-state index in [2.05, 4.69) is 15.6 Å². The van der Waals surface area contributed by atoms with E-state index in [1.54, 1.807) is 31.4 Å². The lowest BCUT2D eigenvalue weighted by Crippen LogP contribution is -2.11. The number of amides is 2. The number of anilines is 2. The molecule has 6 nitrogen and oxygen atoms in total. The van der Waals surface area contributed by atoms with Crippen molar-refractivity contribution < 1.29 is 18.4 Å². The summed E-state index contributed by atoms with van der Waals surface area (Å²) in [4.78, 5) is 27.6. The summed E-state index contributed by atoms with van der Waals surface area (Å²) in [7, 11) is 0. The van der Waals surface area contributed by atoms with Gasteiger partial charge in [0, 0.05) is 23.6 Å². The van der Waals surface area contributed by atoms with Gasteiger partial charge in [-0.15, -0.1) is 11.3 Å². The summed E-state index contributed by atoms with van der Waals surface area (Å²) in [6.45, 7) is 4.82. The Bertz CT molecular complexity index is 993. The standard InChI is InChI=1S/C18H16FN3O3S/c1-9-6-14(10(2)25-9)17(24)22-18-21-16(8-26-18)13-5-4-12(7-15(13)19)20-11(3)23/h4-8H,1-3H3,(H,20,23)(H,21,22,24). The molecule has 0 aliphatic rings. The summed E-state index contributed by atoms with van der Waals surface area (Å²) in [5.41, 5.74) is 1.49. The van der Waals surface area contributed by atoms with Gasteiger partial charge in [0.25, 0.3) is 5.91 Å². The second-order valence-corrected chi connectivity index (χ2v) is 6.55. The maximum absolute atomic E-state index is 14.3. The molecular formula is C18H16FN3O3S. The molecule has 0 saturated heterocycles. The lowest BCUT2D eigenvalue weighted by Gasteiger charge is -2.05. The summed E-state index contributed by atoms with van der Waals surface area (Å²) >= 11 is 1.19. The van der Waals surface area contributed by atoms with Gasteiger partial charge < -0.3 is 9.73 Å². The van der Waals surface area contributed by atoms with Crippen LogP contribution in [0.4, 0.5) is 15.2 Å². The number of rotatable bonds is 4. The van der Waals surface area contributed by atoms with Crippen molar-refractivity contribution in [1.29, 1.82) is 0 Å². The Kier molecular flexibility index (Phi) is 4.85. The molecule has 0 fully saturated rings. The van der Waals surface area contributed by atoms with Crippen LogP contribution in [-0.2, 0) is 4.79 Å². The molecule has 8 heteroatoms. The van der Waals surface area contributed by atoms with E-state index in [0.29, 0.717) is 33.6 Å². The molecular weight excluding hydrogens is 357 g/mol. The van der Waals surface area contributed by atoms with Gasteiger partial charge in [0.2, 0.25) is 5.91 Å². The van der Waals surface area contributed by atoms with Crippen LogP contribution in [0.25, 0.3) is 11.3 Å². The topological polar surface area (TPSA) is 84.2 Å². The largest absolute Gasteiger partial charge is 0.466 e. The van der Waals surface area contributed by atoms with E-state index in [1.807, 2.05) is 0 Å². The molecule has 0 radical (unpaired) electrons. The smallest absolute Gasteiger partial charge is 0.260 e. The summed E-state index contributed by atoms with van der Waals surface area (Å²) in [6, 6.07) is 6.01. The number of furan rings is 1. The van der Waals surface area contributed by atoms with Crippen molar-refractivity contribution in [1.82, 2.24) is 4.98 Å². The van der Waals surface area contributed by atoms with Crippen LogP contribution in [0.1, 0.15) is 28.8 Å². The number of nitrogens with zero attached hydrogens (tertiary/aromatic N) is 1. The fourth-order valence-corrected chi connectivity index (χ4v) is 3.19. The van der Waals surface area contributed by atoms with Crippen molar-refractivity contribution in [3.05, 3.63) is 52.5 Å². The maximum Gasteiger partial charge on any atom is 0.260 e. The molecule has 0 aliphatic heterocycles. The van der Waals surface area contributed by atoms with Crippen LogP contribution in [0, 0.1) is 19.7 Å². The minimum atomic E-state index is -0.513. The van der Waals surface area contributed by atoms with Crippen molar-refractivity contribution in [2.75, 3.05) is 10.6 Å². The van der Waals surface area contributed by atoms with E-state index in [1.165, 1.54) is 30.4 Å². The number of aryl methyl sites for hydroxylation is 2. The Balaban J connectivity index is 1.78. The molecule has 26 heavy (non-hydrogen) atoms. The molecule has 2 amide bonds. The van der Waals surface area contributed by atoms with Gasteiger partial charge in [-0.1, -0.05) is 0 Å². The molecule has 0 aliphatic carbocycles. The number of carbonyl (C=O) groups is 2. The first-order valence-corrected chi connectivity index (χ1v) is 8.63. The third kappa shape index (κ3) is 3.80. The fraction of sp³-hybridized carbons (Fsp3) is 0.167. The van der Waals surface area contributed by atoms with Gasteiger partial charge in [-0.05, 0) is 38.1 Å². The van der Waals surface area contributed by atoms with Crippen LogP contribution in [0.5, 0.6) is 0 Å². The molecule has 0 bridgehead atoms. The number of thiazole rings is 1. The zero-order valence-electron chi connectivity index (χ0n) is 14.3. The zero-order valence-corrected chi connectivity index (χ0v) is 15.2. The number of carbonyl (C=O) groups excluding carboxylic acids is 2. The van der Waals surface area contributed by atoms with Crippen molar-refractivity contribution >= 4 is 34.0 Å². The summed E-state index contributed by atoms with van der Waals surface area (Å²) in [5.74, 6) is 0.0493. The van der Waals surface area contributed by atoms with E-state index in [9.17, 15) is 14.0 Å². The molecule has 2 aromatic heterocycles. The molecule has 134 valence electrons. The quantitative estimate of drug-likeness (QED) is 0.711. The Hall–Kier alpha value is -3.00. The summed E-state index contributed by atoms with van der Waals surface area (Å²) < 4.78 is 19.6. The predicted molar refractivity (Wildman–Crippen MR) is 97.9 cm³/mol. The predicted octanol–water partition coefficient (Wildman–Crippen LogP) is 4.37. The number of nitrogens with one attached hydrogen (secondary N) is 2. The van der Waals surface area contributed by atoms with Gasteiger partial charge in [0.15, 0.2) is 5.13 Å². The molecule has 3 rings (SSSR count). The van der Waals surface area contributed by atoms with E-state index < -0.39 is 5.82 Å². The van der Waals surface area contributed by atoms with E-state index in [4.69, 9.17) is 4.42 Å². The van der Waals surface area contributed by atoms with Crippen molar-refractivity contribution in [3.8, 4) is 11.3 Å². The van der Waals surface area contributed by atoms with Gasteiger partial charge in [0.1, 0.15) is 17.3 Å². The lowest BCUT2D eigenvalue weighted by atomic mass is 10.1. The number of aromatic nitrogens is 1. The highest BCUT2D eigenvalue weighted by molar-refractivity contribution is 7.14. The third-order valence-corrected chi connectivity index (χ3v) is 4.33. The Morgan fingerprint density at radius 2 is 1.96 bits per heavy atom. The first-order valence-electron chi connectivity index (χ1n) is 7.75. The van der Waals surface area contributed by atoms with Gasteiger partial charge in [-0.3, -0.25) is 14.9 Å². The highest BCUT2D eigenvalue weighted by Gasteiger charge is 2.16. The molecule has 2 heterocycles. The summed E-state index contributed by atoms with van der Waals surface area (Å²) in [5, 5.41) is 7.21. The average Bonchev–Trinajstić information content (AvgIpc) is 3.13. The van der Waals surface area contributed by atoms with Gasteiger partial charge in [-0.2, -0.15) is 0 Å². The van der Waals surface area contributed by atoms with Crippen molar-refractivity contribution in [2.24, 2.45) is 0 Å². The lowest BCUT2D eigenvalue weighted by molar-refractivity contribution is -0.114. The first kappa shape index (κ1) is 17.8. The Labute approximate surface area is 153 Å². The fourth-order valence-electron chi connectivity index (χ4n) is 2.48. The molecule has 0 unspecified atom stereocenters. The second kappa shape index (κ2) is 7.09. The molecule has 1 aromatic carbocycles. The molecule has 0 atom stereocenters. The monoisotopic (exact) mass is 373 g/mol. The van der Waals surface area contributed by atoms with Crippen LogP contribution in [0.3, 0.4) is 0 Å². The molecule has 0 spiro atoms. The van der Waals surface area contributed by atoms with E-state index in [0.717, 1.165) is 0 Å². The zero-order chi connectivity index (χ0) is 18.8. The molecule has 3 aromatic rings. The number of hydrogen-bond acceptors (Lipinski definition) is 5. The second-order valence-electron chi connectivity index (χ2n) is 5.69. The van der Waals surface area contributed by atoms with E-state index >= 15 is 0 Å². The Morgan fingerprint density at radius 1 is 1.19 bits per heavy atom. The van der Waals surface area contributed by atoms with Gasteiger partial charge >= 0.3 is 0 Å². The third-order valence-electron chi connectivity index (χ3n) is 3.58. The van der Waals surface area contributed by atoms with Crippen LogP contribution in [0.2, 0.25) is 0 Å². The van der Waals surface area contributed by atoms with Gasteiger partial charge in [-0.25, -0.2) is 9.37 Å². The maximum atomic E-state index is 14.3. The van der Waals surface area contributed by atoms with Crippen LogP contribution in [0.15, 0.2) is 34.1 Å². The highest BCUT2D eigenvalue weighted by Crippen LogP contribution is 2.29. The highest BCUT2D eigenvalue weighted by atomic mass is 32.1. The van der Waals surface area contributed by atoms with Crippen molar-refractivity contribution in [2.45, 2.75) is 20.8 Å². The molecule has 0 saturated carbocycles. The summed E-state index contributed by atoms with van der Waals surface area (Å²) in [6.07, 6.45) is 0. The average molecular weight is 373 g/mol. The van der Waals surface area contributed by atoms with E-state index in [-0.39, 0.29) is 17.4 Å². The minimum absolute atomic E-state index is 0.277. The van der Waals surface area contributed by atoms with Crippen LogP contribution < -0.4 is 10.6 Å².